The molecule has 106 valence electrons. The molecule has 0 spiro atoms. The van der Waals surface area contributed by atoms with Crippen molar-refractivity contribution in [3.8, 4) is 0 Å². The minimum Gasteiger partial charge on any atom is -0.391 e. The van der Waals surface area contributed by atoms with Crippen molar-refractivity contribution in [3.05, 3.63) is 35.9 Å². The molecule has 6 nitrogen and oxygen atoms in total. The summed E-state index contributed by atoms with van der Waals surface area (Å²) in [6.07, 6.45) is -3.52. The molecule has 0 amide bonds. The summed E-state index contributed by atoms with van der Waals surface area (Å²) in [4.78, 5) is 0. The Morgan fingerprint density at radius 1 is 1.21 bits per heavy atom. The lowest BCUT2D eigenvalue weighted by atomic mass is 10.1. The summed E-state index contributed by atoms with van der Waals surface area (Å²) in [5.74, 6) is -2.08. The number of rotatable bonds is 5. The lowest BCUT2D eigenvalue weighted by Gasteiger charge is -2.22. The standard InChI is InChI=1S/C13H19NO5/c15-8-13(18)12(17)11(16)10(19-13)7-14-6-9-4-2-1-3-5-9/h1-5,10-12,14-18H,6-8H2/t10-,11-,12+,13?/m1/s1. The summed E-state index contributed by atoms with van der Waals surface area (Å²) in [5.41, 5.74) is 1.08. The molecule has 1 aromatic rings. The Bertz CT molecular complexity index is 401. The first kappa shape index (κ1) is 14.4. The van der Waals surface area contributed by atoms with E-state index in [4.69, 9.17) is 9.84 Å². The second kappa shape index (κ2) is 5.96. The molecule has 1 heterocycles. The van der Waals surface area contributed by atoms with Crippen molar-refractivity contribution >= 4 is 0 Å². The Morgan fingerprint density at radius 2 is 1.89 bits per heavy atom. The molecule has 1 aliphatic heterocycles. The zero-order valence-corrected chi connectivity index (χ0v) is 10.4. The van der Waals surface area contributed by atoms with Gasteiger partial charge in [-0.05, 0) is 5.56 Å². The second-order valence-electron chi connectivity index (χ2n) is 4.71. The number of aliphatic hydroxyl groups excluding tert-OH is 3. The number of aliphatic hydroxyl groups is 4. The highest BCUT2D eigenvalue weighted by atomic mass is 16.7. The molecule has 1 fully saturated rings. The van der Waals surface area contributed by atoms with Gasteiger partial charge in [0.1, 0.15) is 18.3 Å². The van der Waals surface area contributed by atoms with Crippen LogP contribution in [-0.2, 0) is 11.3 Å². The van der Waals surface area contributed by atoms with Crippen LogP contribution in [0.2, 0.25) is 0 Å². The molecular weight excluding hydrogens is 250 g/mol. The Labute approximate surface area is 111 Å². The molecule has 2 rings (SSSR count). The fourth-order valence-corrected chi connectivity index (χ4v) is 2.12. The molecular formula is C13H19NO5. The third-order valence-electron chi connectivity index (χ3n) is 3.27. The van der Waals surface area contributed by atoms with Gasteiger partial charge in [0.15, 0.2) is 0 Å². The quantitative estimate of drug-likeness (QED) is 0.449. The first-order valence-electron chi connectivity index (χ1n) is 6.18. The van der Waals surface area contributed by atoms with Crippen LogP contribution in [0.3, 0.4) is 0 Å². The average Bonchev–Trinajstić information content (AvgIpc) is 2.65. The van der Waals surface area contributed by atoms with Gasteiger partial charge in [-0.25, -0.2) is 0 Å². The van der Waals surface area contributed by atoms with E-state index in [1.807, 2.05) is 30.3 Å². The maximum absolute atomic E-state index is 9.74. The van der Waals surface area contributed by atoms with Gasteiger partial charge in [-0.1, -0.05) is 30.3 Å². The summed E-state index contributed by atoms with van der Waals surface area (Å²) in [7, 11) is 0. The Hall–Kier alpha value is -1.02. The first-order chi connectivity index (χ1) is 9.07. The van der Waals surface area contributed by atoms with Crippen LogP contribution < -0.4 is 5.32 Å². The normalized spacial score (nSPS) is 34.6. The van der Waals surface area contributed by atoms with Crippen molar-refractivity contribution in [2.75, 3.05) is 13.2 Å². The molecule has 4 atom stereocenters. The van der Waals surface area contributed by atoms with Gasteiger partial charge in [0.25, 0.3) is 0 Å². The monoisotopic (exact) mass is 269 g/mol. The molecule has 1 saturated heterocycles. The third-order valence-corrected chi connectivity index (χ3v) is 3.27. The number of hydrogen-bond acceptors (Lipinski definition) is 6. The minimum absolute atomic E-state index is 0.259. The van der Waals surface area contributed by atoms with Crippen molar-refractivity contribution in [1.82, 2.24) is 5.32 Å². The number of benzene rings is 1. The number of nitrogens with one attached hydrogen (secondary N) is 1. The highest BCUT2D eigenvalue weighted by Crippen LogP contribution is 2.28. The van der Waals surface area contributed by atoms with Crippen molar-refractivity contribution < 1.29 is 25.2 Å². The molecule has 0 aromatic heterocycles. The summed E-state index contributed by atoms with van der Waals surface area (Å²) in [6.45, 7) is 0.0803. The fraction of sp³-hybridized carbons (Fsp3) is 0.538. The summed E-state index contributed by atoms with van der Waals surface area (Å²) in [5, 5.41) is 41.1. The smallest absolute Gasteiger partial charge is 0.219 e. The Balaban J connectivity index is 1.84. The number of ether oxygens (including phenoxy) is 1. The summed E-state index contributed by atoms with van der Waals surface area (Å²) in [6, 6.07) is 9.68. The molecule has 1 aliphatic rings. The van der Waals surface area contributed by atoms with E-state index < -0.39 is 30.7 Å². The highest BCUT2D eigenvalue weighted by molar-refractivity contribution is 5.14. The molecule has 0 saturated carbocycles. The van der Waals surface area contributed by atoms with Crippen molar-refractivity contribution in [2.45, 2.75) is 30.6 Å². The molecule has 1 aromatic carbocycles. The lowest BCUT2D eigenvalue weighted by molar-refractivity contribution is -0.245. The highest BCUT2D eigenvalue weighted by Gasteiger charge is 2.52. The van der Waals surface area contributed by atoms with Crippen LogP contribution in [0.25, 0.3) is 0 Å². The van der Waals surface area contributed by atoms with E-state index in [-0.39, 0.29) is 6.54 Å². The molecule has 0 radical (unpaired) electrons. The minimum atomic E-state index is -2.08. The molecule has 5 N–H and O–H groups in total. The van der Waals surface area contributed by atoms with Crippen molar-refractivity contribution in [3.63, 3.8) is 0 Å². The average molecular weight is 269 g/mol. The van der Waals surface area contributed by atoms with E-state index in [9.17, 15) is 15.3 Å². The topological polar surface area (TPSA) is 102 Å². The largest absolute Gasteiger partial charge is 0.391 e. The SMILES string of the molecule is OCC1(O)O[C@H](CNCc2ccccc2)[C@@H](O)[C@@H]1O. The van der Waals surface area contributed by atoms with E-state index in [0.29, 0.717) is 6.54 Å². The predicted molar refractivity (Wildman–Crippen MR) is 67.1 cm³/mol. The van der Waals surface area contributed by atoms with Gasteiger partial charge < -0.3 is 30.5 Å². The zero-order valence-electron chi connectivity index (χ0n) is 10.4. The maximum atomic E-state index is 9.74. The molecule has 0 aliphatic carbocycles. The summed E-state index contributed by atoms with van der Waals surface area (Å²) >= 11 is 0. The first-order valence-corrected chi connectivity index (χ1v) is 6.18. The second-order valence-corrected chi connectivity index (χ2v) is 4.71. The molecule has 19 heavy (non-hydrogen) atoms. The van der Waals surface area contributed by atoms with E-state index in [1.54, 1.807) is 0 Å². The van der Waals surface area contributed by atoms with Crippen LogP contribution in [0.15, 0.2) is 30.3 Å². The van der Waals surface area contributed by atoms with E-state index >= 15 is 0 Å². The molecule has 6 heteroatoms. The van der Waals surface area contributed by atoms with Crippen LogP contribution in [-0.4, -0.2) is 57.7 Å². The van der Waals surface area contributed by atoms with Crippen LogP contribution in [0.4, 0.5) is 0 Å². The van der Waals surface area contributed by atoms with E-state index in [2.05, 4.69) is 5.32 Å². The van der Waals surface area contributed by atoms with Gasteiger partial charge in [-0.3, -0.25) is 0 Å². The van der Waals surface area contributed by atoms with Gasteiger partial charge in [-0.2, -0.15) is 0 Å². The Kier molecular flexibility index (Phi) is 4.51. The van der Waals surface area contributed by atoms with E-state index in [1.165, 1.54) is 0 Å². The van der Waals surface area contributed by atoms with Crippen LogP contribution in [0.5, 0.6) is 0 Å². The fourth-order valence-electron chi connectivity index (χ4n) is 2.12. The van der Waals surface area contributed by atoms with Crippen molar-refractivity contribution in [1.29, 1.82) is 0 Å². The van der Waals surface area contributed by atoms with Gasteiger partial charge in [0.2, 0.25) is 5.79 Å². The zero-order chi connectivity index (χ0) is 13.9. The molecule has 0 bridgehead atoms. The van der Waals surface area contributed by atoms with Gasteiger partial charge in [-0.15, -0.1) is 0 Å². The lowest BCUT2D eigenvalue weighted by Crippen LogP contribution is -2.46. The predicted octanol–water partition coefficient (Wildman–Crippen LogP) is -1.42. The van der Waals surface area contributed by atoms with Crippen molar-refractivity contribution in [2.24, 2.45) is 0 Å². The van der Waals surface area contributed by atoms with E-state index in [0.717, 1.165) is 5.56 Å². The van der Waals surface area contributed by atoms with Gasteiger partial charge in [0.05, 0.1) is 6.61 Å². The third kappa shape index (κ3) is 3.11. The van der Waals surface area contributed by atoms with Crippen LogP contribution in [0.1, 0.15) is 5.56 Å². The maximum Gasteiger partial charge on any atom is 0.219 e. The Morgan fingerprint density at radius 3 is 2.47 bits per heavy atom. The van der Waals surface area contributed by atoms with Crippen LogP contribution >= 0.6 is 0 Å². The van der Waals surface area contributed by atoms with Gasteiger partial charge in [0, 0.05) is 13.1 Å². The summed E-state index contributed by atoms with van der Waals surface area (Å²) < 4.78 is 5.10. The molecule has 1 unspecified atom stereocenters. The number of hydrogen-bond donors (Lipinski definition) is 5. The van der Waals surface area contributed by atoms with Gasteiger partial charge >= 0.3 is 0 Å². The van der Waals surface area contributed by atoms with Crippen LogP contribution in [0, 0.1) is 0 Å².